The molecule has 0 aromatic heterocycles. The van der Waals surface area contributed by atoms with Crippen LogP contribution in [0.15, 0.2) is 54.6 Å². The molecular weight excluding hydrogens is 454 g/mol. The van der Waals surface area contributed by atoms with E-state index in [0.29, 0.717) is 32.1 Å². The van der Waals surface area contributed by atoms with Gasteiger partial charge in [-0.05, 0) is 68.1 Å². The van der Waals surface area contributed by atoms with E-state index in [4.69, 9.17) is 9.94 Å². The lowest BCUT2D eigenvalue weighted by atomic mass is 9.92. The molecule has 0 bridgehead atoms. The van der Waals surface area contributed by atoms with Crippen LogP contribution in [-0.2, 0) is 32.0 Å². The van der Waals surface area contributed by atoms with E-state index in [1.54, 1.807) is 5.48 Å². The molecule has 0 aliphatic heterocycles. The van der Waals surface area contributed by atoms with Gasteiger partial charge in [-0.2, -0.15) is 0 Å². The number of carbonyl (C=O) groups is 3. The van der Waals surface area contributed by atoms with Crippen molar-refractivity contribution in [1.82, 2.24) is 5.48 Å². The van der Waals surface area contributed by atoms with E-state index in [1.165, 1.54) is 0 Å². The highest BCUT2D eigenvalue weighted by Crippen LogP contribution is 2.28. The average Bonchev–Trinajstić information content (AvgIpc) is 3.40. The third kappa shape index (κ3) is 9.57. The molecule has 0 spiro atoms. The van der Waals surface area contributed by atoms with E-state index >= 15 is 0 Å². The summed E-state index contributed by atoms with van der Waals surface area (Å²) in [7, 11) is 0. The highest BCUT2D eigenvalue weighted by Gasteiger charge is 2.26. The van der Waals surface area contributed by atoms with Gasteiger partial charge in [0, 0.05) is 19.3 Å². The first kappa shape index (κ1) is 27.6. The molecule has 2 N–H and O–H groups in total. The van der Waals surface area contributed by atoms with Gasteiger partial charge in [0.15, 0.2) is 0 Å². The summed E-state index contributed by atoms with van der Waals surface area (Å²) in [4.78, 5) is 36.3. The molecule has 6 nitrogen and oxygen atoms in total. The predicted octanol–water partition coefficient (Wildman–Crippen LogP) is 5.85. The summed E-state index contributed by atoms with van der Waals surface area (Å²) < 4.78 is 5.84. The van der Waals surface area contributed by atoms with Gasteiger partial charge >= 0.3 is 5.97 Å². The van der Waals surface area contributed by atoms with Gasteiger partial charge in [0.05, 0.1) is 5.92 Å². The number of hydroxylamine groups is 1. The van der Waals surface area contributed by atoms with Crippen LogP contribution >= 0.6 is 0 Å². The minimum atomic E-state index is -0.367. The van der Waals surface area contributed by atoms with Crippen LogP contribution in [0.4, 0.5) is 0 Å². The molecule has 2 aromatic rings. The van der Waals surface area contributed by atoms with Crippen LogP contribution in [0, 0.1) is 0 Å². The minimum absolute atomic E-state index is 0.0632. The lowest BCUT2D eigenvalue weighted by Crippen LogP contribution is -2.22. The minimum Gasteiger partial charge on any atom is -0.462 e. The molecule has 1 atom stereocenters. The number of hydrogen-bond acceptors (Lipinski definition) is 5. The Labute approximate surface area is 214 Å². The molecule has 0 heterocycles. The Morgan fingerprint density at radius 2 is 1.50 bits per heavy atom. The topological polar surface area (TPSA) is 92.7 Å². The fourth-order valence-electron chi connectivity index (χ4n) is 4.83. The molecule has 1 aliphatic rings. The first-order chi connectivity index (χ1) is 17.5. The first-order valence-corrected chi connectivity index (χ1v) is 13.3. The van der Waals surface area contributed by atoms with Gasteiger partial charge in [-0.3, -0.25) is 19.6 Å². The van der Waals surface area contributed by atoms with Gasteiger partial charge in [0.25, 0.3) is 0 Å². The number of nitrogens with one attached hydrogen (secondary N) is 1. The lowest BCUT2D eigenvalue weighted by Gasteiger charge is -2.19. The molecule has 1 amide bonds. The average molecular weight is 494 g/mol. The molecule has 0 saturated heterocycles. The Balaban J connectivity index is 1.43. The van der Waals surface area contributed by atoms with Gasteiger partial charge in [-0.25, -0.2) is 5.48 Å². The Hall–Kier alpha value is -2.99. The van der Waals surface area contributed by atoms with Gasteiger partial charge in [-0.1, -0.05) is 67.4 Å². The Kier molecular flexibility index (Phi) is 11.6. The van der Waals surface area contributed by atoms with E-state index in [1.807, 2.05) is 42.5 Å². The molecule has 6 heteroatoms. The number of Topliss-reactive ketones (excluding diaryl/α,β-unsaturated/α-hetero) is 1. The largest absolute Gasteiger partial charge is 0.462 e. The van der Waals surface area contributed by atoms with Crippen molar-refractivity contribution in [2.75, 3.05) is 0 Å². The summed E-state index contributed by atoms with van der Waals surface area (Å²) in [6.45, 7) is 0. The van der Waals surface area contributed by atoms with Gasteiger partial charge in [0.2, 0.25) is 5.91 Å². The van der Waals surface area contributed by atoms with Crippen LogP contribution in [0.3, 0.4) is 0 Å². The molecule has 1 aliphatic carbocycles. The number of benzene rings is 2. The smallest absolute Gasteiger partial charge is 0.313 e. The van der Waals surface area contributed by atoms with Crippen molar-refractivity contribution in [3.8, 4) is 0 Å². The van der Waals surface area contributed by atoms with E-state index in [0.717, 1.165) is 68.1 Å². The third-order valence-corrected chi connectivity index (χ3v) is 6.95. The van der Waals surface area contributed by atoms with Crippen LogP contribution < -0.4 is 5.48 Å². The zero-order valence-electron chi connectivity index (χ0n) is 21.1. The maximum absolute atomic E-state index is 13.0. The van der Waals surface area contributed by atoms with Crippen molar-refractivity contribution in [1.29, 1.82) is 0 Å². The van der Waals surface area contributed by atoms with Crippen LogP contribution in [0.5, 0.6) is 0 Å². The van der Waals surface area contributed by atoms with Crippen molar-refractivity contribution >= 4 is 17.7 Å². The van der Waals surface area contributed by atoms with Crippen LogP contribution in [-0.4, -0.2) is 29.0 Å². The third-order valence-electron chi connectivity index (χ3n) is 6.95. The number of aryl methyl sites for hydroxylation is 1. The fourth-order valence-corrected chi connectivity index (χ4v) is 4.83. The number of rotatable bonds is 15. The lowest BCUT2D eigenvalue weighted by molar-refractivity contribution is -0.150. The standard InChI is InChI=1S/C30H39NO5/c32-26(12-6-1-2-7-15-29(33)31-35)22-24-18-16-23(17-19-24)20-21-28(25-10-4-3-5-11-25)30(34)36-27-13-8-9-14-27/h3-5,10-11,16-19,27-28,35H,1-2,6-9,12-15,20-22H2,(H,31,33)/t28-/m0/s1. The summed E-state index contributed by atoms with van der Waals surface area (Å²) in [5.74, 6) is -0.540. The molecule has 2 aromatic carbocycles. The summed E-state index contributed by atoms with van der Waals surface area (Å²) in [5, 5.41) is 8.48. The van der Waals surface area contributed by atoms with Gasteiger partial charge in [-0.15, -0.1) is 0 Å². The number of esters is 1. The Morgan fingerprint density at radius 1 is 0.861 bits per heavy atom. The van der Waals surface area contributed by atoms with Crippen molar-refractivity contribution in [3.63, 3.8) is 0 Å². The first-order valence-electron chi connectivity index (χ1n) is 13.3. The molecule has 36 heavy (non-hydrogen) atoms. The number of amides is 1. The number of carbonyl (C=O) groups excluding carboxylic acids is 3. The van der Waals surface area contributed by atoms with Crippen LogP contribution in [0.1, 0.15) is 93.2 Å². The van der Waals surface area contributed by atoms with Gasteiger partial charge in [0.1, 0.15) is 11.9 Å². The maximum Gasteiger partial charge on any atom is 0.313 e. The van der Waals surface area contributed by atoms with Crippen molar-refractivity contribution in [2.45, 2.75) is 95.5 Å². The molecule has 1 saturated carbocycles. The highest BCUT2D eigenvalue weighted by molar-refractivity contribution is 5.81. The summed E-state index contributed by atoms with van der Waals surface area (Å²) in [6, 6.07) is 18.0. The second-order valence-electron chi connectivity index (χ2n) is 9.83. The summed E-state index contributed by atoms with van der Waals surface area (Å²) in [6.07, 6.45) is 10.3. The van der Waals surface area contributed by atoms with Gasteiger partial charge < -0.3 is 4.74 Å². The van der Waals surface area contributed by atoms with E-state index in [-0.39, 0.29) is 29.7 Å². The summed E-state index contributed by atoms with van der Waals surface area (Å²) in [5.41, 5.74) is 4.78. The van der Waals surface area contributed by atoms with Crippen molar-refractivity contribution in [2.24, 2.45) is 0 Å². The maximum atomic E-state index is 13.0. The highest BCUT2D eigenvalue weighted by atomic mass is 16.5. The monoisotopic (exact) mass is 493 g/mol. The number of ether oxygens (including phenoxy) is 1. The predicted molar refractivity (Wildman–Crippen MR) is 139 cm³/mol. The van der Waals surface area contributed by atoms with E-state index < -0.39 is 0 Å². The summed E-state index contributed by atoms with van der Waals surface area (Å²) >= 11 is 0. The molecule has 1 fully saturated rings. The van der Waals surface area contributed by atoms with Crippen LogP contribution in [0.2, 0.25) is 0 Å². The Bertz CT molecular complexity index is 951. The van der Waals surface area contributed by atoms with E-state index in [9.17, 15) is 14.4 Å². The second kappa shape index (κ2) is 15.2. The van der Waals surface area contributed by atoms with Crippen molar-refractivity contribution < 1.29 is 24.3 Å². The Morgan fingerprint density at radius 3 is 2.17 bits per heavy atom. The molecule has 3 rings (SSSR count). The SMILES string of the molecule is O=C(CCCCCCC(=O)NO)Cc1ccc(CC[C@H](C(=O)OC2CCCC2)c2ccccc2)cc1. The quantitative estimate of drug-likeness (QED) is 0.141. The molecule has 0 unspecified atom stereocenters. The van der Waals surface area contributed by atoms with Crippen molar-refractivity contribution in [3.05, 3.63) is 71.3 Å². The molecule has 194 valence electrons. The van der Waals surface area contributed by atoms with Crippen LogP contribution in [0.25, 0.3) is 0 Å². The number of ketones is 1. The molecule has 0 radical (unpaired) electrons. The zero-order chi connectivity index (χ0) is 25.6. The molecular formula is C30H39NO5. The number of unbranched alkanes of at least 4 members (excludes halogenated alkanes) is 3. The van der Waals surface area contributed by atoms with E-state index in [2.05, 4.69) is 12.1 Å². The normalized spacial score (nSPS) is 14.4. The second-order valence-corrected chi connectivity index (χ2v) is 9.83. The zero-order valence-corrected chi connectivity index (χ0v) is 21.1. The number of hydrogen-bond donors (Lipinski definition) is 2. The fraction of sp³-hybridized carbons (Fsp3) is 0.500.